The first-order valence-corrected chi connectivity index (χ1v) is 9.65. The third-order valence-electron chi connectivity index (χ3n) is 3.75. The molecule has 0 unspecified atom stereocenters. The van der Waals surface area contributed by atoms with Gasteiger partial charge in [0.15, 0.2) is 0 Å². The highest BCUT2D eigenvalue weighted by Gasteiger charge is 2.10. The summed E-state index contributed by atoms with van der Waals surface area (Å²) in [6.45, 7) is 3.26. The van der Waals surface area contributed by atoms with Crippen LogP contribution in [-0.2, 0) is 6.54 Å². The average Bonchev–Trinajstić information content (AvgIpc) is 2.85. The molecule has 1 aliphatic rings. The Bertz CT molecular complexity index is 569. The van der Waals surface area contributed by atoms with E-state index in [-0.39, 0.29) is 0 Å². The summed E-state index contributed by atoms with van der Waals surface area (Å²) in [4.78, 5) is 3.80. The van der Waals surface area contributed by atoms with Crippen LogP contribution in [0.5, 0.6) is 0 Å². The summed E-state index contributed by atoms with van der Waals surface area (Å²) >= 11 is 8.82. The Morgan fingerprint density at radius 1 is 1.05 bits per heavy atom. The van der Waals surface area contributed by atoms with Crippen LogP contribution in [0.2, 0.25) is 0 Å². The SMILES string of the molecule is Brc1cc(CNc2ccc(N3CCCCC3)cc2)sc1Br. The van der Waals surface area contributed by atoms with Gasteiger partial charge in [0.25, 0.3) is 0 Å². The van der Waals surface area contributed by atoms with E-state index in [0.717, 1.165) is 14.8 Å². The van der Waals surface area contributed by atoms with Gasteiger partial charge in [0.2, 0.25) is 0 Å². The number of piperidine rings is 1. The molecule has 0 aliphatic carbocycles. The first kappa shape index (κ1) is 15.4. The largest absolute Gasteiger partial charge is 0.380 e. The number of halogens is 2. The highest BCUT2D eigenvalue weighted by Crippen LogP contribution is 2.32. The number of anilines is 2. The number of hydrogen-bond donors (Lipinski definition) is 1. The van der Waals surface area contributed by atoms with Gasteiger partial charge in [-0.05, 0) is 81.5 Å². The molecule has 0 radical (unpaired) electrons. The Labute approximate surface area is 146 Å². The maximum absolute atomic E-state index is 3.53. The lowest BCUT2D eigenvalue weighted by Crippen LogP contribution is -2.29. The molecule has 0 bridgehead atoms. The van der Waals surface area contributed by atoms with Crippen LogP contribution in [0, 0.1) is 0 Å². The summed E-state index contributed by atoms with van der Waals surface area (Å²) in [6.07, 6.45) is 4.02. The Balaban J connectivity index is 1.59. The normalized spacial score (nSPS) is 15.2. The van der Waals surface area contributed by atoms with Crippen LogP contribution in [0.25, 0.3) is 0 Å². The molecule has 2 aromatic rings. The lowest BCUT2D eigenvalue weighted by atomic mass is 10.1. The van der Waals surface area contributed by atoms with E-state index in [9.17, 15) is 0 Å². The van der Waals surface area contributed by atoms with Crippen LogP contribution in [0.4, 0.5) is 11.4 Å². The van der Waals surface area contributed by atoms with Gasteiger partial charge in [-0.3, -0.25) is 0 Å². The van der Waals surface area contributed by atoms with Crippen molar-refractivity contribution in [1.82, 2.24) is 0 Å². The van der Waals surface area contributed by atoms with Crippen molar-refractivity contribution >= 4 is 54.6 Å². The Kier molecular flexibility index (Phi) is 5.24. The molecule has 0 saturated carbocycles. The van der Waals surface area contributed by atoms with Crippen LogP contribution in [-0.4, -0.2) is 13.1 Å². The van der Waals surface area contributed by atoms with Crippen molar-refractivity contribution in [3.05, 3.63) is 43.5 Å². The molecule has 0 spiro atoms. The highest BCUT2D eigenvalue weighted by molar-refractivity contribution is 9.13. The van der Waals surface area contributed by atoms with Crippen molar-refractivity contribution in [1.29, 1.82) is 0 Å². The molecule has 0 amide bonds. The number of rotatable bonds is 4. The van der Waals surface area contributed by atoms with E-state index in [1.807, 2.05) is 0 Å². The Morgan fingerprint density at radius 3 is 2.38 bits per heavy atom. The van der Waals surface area contributed by atoms with Crippen molar-refractivity contribution in [2.45, 2.75) is 25.8 Å². The third kappa shape index (κ3) is 4.02. The van der Waals surface area contributed by atoms with Gasteiger partial charge in [0, 0.05) is 40.4 Å². The molecule has 1 aliphatic heterocycles. The van der Waals surface area contributed by atoms with Gasteiger partial charge in [-0.15, -0.1) is 11.3 Å². The van der Waals surface area contributed by atoms with Crippen molar-refractivity contribution in [2.24, 2.45) is 0 Å². The molecule has 1 fully saturated rings. The number of nitrogens with zero attached hydrogens (tertiary/aromatic N) is 1. The van der Waals surface area contributed by atoms with Crippen molar-refractivity contribution < 1.29 is 0 Å². The van der Waals surface area contributed by atoms with Crippen molar-refractivity contribution in [2.75, 3.05) is 23.3 Å². The third-order valence-corrected chi connectivity index (χ3v) is 7.01. The lowest BCUT2D eigenvalue weighted by Gasteiger charge is -2.28. The summed E-state index contributed by atoms with van der Waals surface area (Å²) in [5.41, 5.74) is 2.53. The van der Waals surface area contributed by atoms with Gasteiger partial charge < -0.3 is 10.2 Å². The molecular formula is C16H18Br2N2S. The quantitative estimate of drug-likeness (QED) is 0.653. The van der Waals surface area contributed by atoms with Crippen molar-refractivity contribution in [3.63, 3.8) is 0 Å². The molecule has 2 heterocycles. The van der Waals surface area contributed by atoms with Gasteiger partial charge in [0.1, 0.15) is 0 Å². The van der Waals surface area contributed by atoms with Crippen LogP contribution >= 0.6 is 43.2 Å². The number of benzene rings is 1. The second kappa shape index (κ2) is 7.16. The minimum atomic E-state index is 0.859. The Morgan fingerprint density at radius 2 is 1.76 bits per heavy atom. The Hall–Kier alpha value is -0.520. The molecule has 1 aromatic heterocycles. The van der Waals surface area contributed by atoms with E-state index in [2.05, 4.69) is 72.4 Å². The highest BCUT2D eigenvalue weighted by atomic mass is 79.9. The summed E-state index contributed by atoms with van der Waals surface area (Å²) in [5.74, 6) is 0. The maximum atomic E-state index is 3.53. The van der Waals surface area contributed by atoms with Crippen LogP contribution in [0.15, 0.2) is 38.6 Å². The molecule has 1 saturated heterocycles. The van der Waals surface area contributed by atoms with E-state index in [1.165, 1.54) is 48.6 Å². The molecule has 1 aromatic carbocycles. The second-order valence-corrected chi connectivity index (χ2v) is 8.59. The fourth-order valence-electron chi connectivity index (χ4n) is 2.61. The van der Waals surface area contributed by atoms with Crippen LogP contribution in [0.3, 0.4) is 0 Å². The maximum Gasteiger partial charge on any atom is 0.0843 e. The predicted octanol–water partition coefficient (Wildman–Crippen LogP) is 5.88. The van der Waals surface area contributed by atoms with Gasteiger partial charge in [-0.25, -0.2) is 0 Å². The monoisotopic (exact) mass is 428 g/mol. The standard InChI is InChI=1S/C16H18Br2N2S/c17-15-10-14(21-16(15)18)11-19-12-4-6-13(7-5-12)20-8-2-1-3-9-20/h4-7,10,19H,1-3,8-9,11H2. The van der Waals surface area contributed by atoms with E-state index >= 15 is 0 Å². The summed E-state index contributed by atoms with van der Waals surface area (Å²) < 4.78 is 2.28. The zero-order chi connectivity index (χ0) is 14.7. The van der Waals surface area contributed by atoms with Crippen molar-refractivity contribution in [3.8, 4) is 0 Å². The van der Waals surface area contributed by atoms with Crippen LogP contribution in [0.1, 0.15) is 24.1 Å². The smallest absolute Gasteiger partial charge is 0.0843 e. The first-order chi connectivity index (χ1) is 10.2. The van der Waals surface area contributed by atoms with Gasteiger partial charge >= 0.3 is 0 Å². The van der Waals surface area contributed by atoms with E-state index < -0.39 is 0 Å². The molecule has 3 rings (SSSR count). The number of thiophene rings is 1. The molecule has 112 valence electrons. The summed E-state index contributed by atoms with van der Waals surface area (Å²) in [7, 11) is 0. The number of hydrogen-bond acceptors (Lipinski definition) is 3. The molecule has 1 N–H and O–H groups in total. The zero-order valence-electron chi connectivity index (χ0n) is 11.7. The summed E-state index contributed by atoms with van der Waals surface area (Å²) in [5, 5.41) is 3.48. The summed E-state index contributed by atoms with van der Waals surface area (Å²) in [6, 6.07) is 11.0. The topological polar surface area (TPSA) is 15.3 Å². The van der Waals surface area contributed by atoms with Gasteiger partial charge in [0.05, 0.1) is 3.79 Å². The molecule has 5 heteroatoms. The minimum Gasteiger partial charge on any atom is -0.380 e. The average molecular weight is 430 g/mol. The molecule has 21 heavy (non-hydrogen) atoms. The van der Waals surface area contributed by atoms with Gasteiger partial charge in [-0.2, -0.15) is 0 Å². The minimum absolute atomic E-state index is 0.859. The molecule has 2 nitrogen and oxygen atoms in total. The molecule has 0 atom stereocenters. The predicted molar refractivity (Wildman–Crippen MR) is 99.6 cm³/mol. The van der Waals surface area contributed by atoms with Crippen LogP contribution < -0.4 is 10.2 Å². The van der Waals surface area contributed by atoms with E-state index in [1.54, 1.807) is 11.3 Å². The number of nitrogens with one attached hydrogen (secondary N) is 1. The van der Waals surface area contributed by atoms with E-state index in [4.69, 9.17) is 0 Å². The second-order valence-electron chi connectivity index (χ2n) is 5.28. The van der Waals surface area contributed by atoms with E-state index in [0.29, 0.717) is 0 Å². The van der Waals surface area contributed by atoms with Gasteiger partial charge in [-0.1, -0.05) is 0 Å². The molecular weight excluding hydrogens is 412 g/mol. The zero-order valence-corrected chi connectivity index (χ0v) is 15.7. The fourth-order valence-corrected chi connectivity index (χ4v) is 4.73. The first-order valence-electron chi connectivity index (χ1n) is 7.25. The lowest BCUT2D eigenvalue weighted by molar-refractivity contribution is 0.578. The fraction of sp³-hybridized carbons (Fsp3) is 0.375.